The van der Waals surface area contributed by atoms with Crippen LogP contribution < -0.4 is 5.32 Å². The van der Waals surface area contributed by atoms with E-state index in [2.05, 4.69) is 42.5 Å². The van der Waals surface area contributed by atoms with Crippen LogP contribution in [-0.2, 0) is 16.6 Å². The smallest absolute Gasteiger partial charge is 0.224 e. The number of hydrogen-bond donors (Lipinski definition) is 1. The summed E-state index contributed by atoms with van der Waals surface area (Å²) in [4.78, 5) is 16.6. The number of amides is 1. The van der Waals surface area contributed by atoms with Crippen LogP contribution in [0.25, 0.3) is 0 Å². The van der Waals surface area contributed by atoms with Crippen LogP contribution in [0.5, 0.6) is 0 Å². The number of aromatic nitrogens is 1. The number of carbonyl (C=O) groups is 1. The molecule has 0 aliphatic heterocycles. The average Bonchev–Trinajstić information content (AvgIpc) is 2.94. The topological polar surface area (TPSA) is 65.8 Å². The highest BCUT2D eigenvalue weighted by molar-refractivity contribution is 7.09. The van der Waals surface area contributed by atoms with Gasteiger partial charge in [-0.25, -0.2) is 4.98 Å². The van der Waals surface area contributed by atoms with Gasteiger partial charge in [0.2, 0.25) is 5.91 Å². The van der Waals surface area contributed by atoms with Crippen LogP contribution in [0.2, 0.25) is 0 Å². The van der Waals surface area contributed by atoms with Gasteiger partial charge in [0.15, 0.2) is 0 Å². The van der Waals surface area contributed by atoms with Crippen LogP contribution in [0.3, 0.4) is 0 Å². The number of nitriles is 1. The standard InChI is InChI=1S/C17H19N3OS/c1-17(2,3)14-11-22-16(20-14)8-7-15(21)19-13-6-4-5-12(9-13)10-18/h4-6,9,11H,7-8H2,1-3H3,(H,19,21). The largest absolute Gasteiger partial charge is 0.326 e. The zero-order valence-electron chi connectivity index (χ0n) is 13.0. The Bertz CT molecular complexity index is 707. The third kappa shape index (κ3) is 4.40. The summed E-state index contributed by atoms with van der Waals surface area (Å²) < 4.78 is 0. The van der Waals surface area contributed by atoms with Crippen molar-refractivity contribution in [3.8, 4) is 6.07 Å². The Labute approximate surface area is 134 Å². The van der Waals surface area contributed by atoms with Crippen LogP contribution in [0.4, 0.5) is 5.69 Å². The number of rotatable bonds is 4. The normalized spacial score (nSPS) is 11.0. The van der Waals surface area contributed by atoms with Crippen LogP contribution in [0.15, 0.2) is 29.6 Å². The molecular weight excluding hydrogens is 294 g/mol. The molecule has 114 valence electrons. The first-order valence-electron chi connectivity index (χ1n) is 7.13. The second-order valence-corrected chi connectivity index (χ2v) is 7.06. The minimum atomic E-state index is -0.0670. The summed E-state index contributed by atoms with van der Waals surface area (Å²) in [5.74, 6) is -0.0670. The maximum Gasteiger partial charge on any atom is 0.224 e. The van der Waals surface area contributed by atoms with Crippen LogP contribution in [0, 0.1) is 11.3 Å². The number of aryl methyl sites for hydroxylation is 1. The maximum absolute atomic E-state index is 12.0. The Hall–Kier alpha value is -2.19. The Balaban J connectivity index is 1.90. The molecule has 1 amide bonds. The quantitative estimate of drug-likeness (QED) is 0.931. The Kier molecular flexibility index (Phi) is 4.94. The molecule has 1 aromatic heterocycles. The lowest BCUT2D eigenvalue weighted by atomic mass is 9.93. The lowest BCUT2D eigenvalue weighted by Crippen LogP contribution is -2.13. The van der Waals surface area contributed by atoms with Gasteiger partial charge in [-0.05, 0) is 18.2 Å². The van der Waals surface area contributed by atoms with Crippen molar-refractivity contribution in [2.24, 2.45) is 0 Å². The molecule has 2 aromatic rings. The van der Waals surface area contributed by atoms with Crippen LogP contribution in [0.1, 0.15) is 43.5 Å². The predicted octanol–water partition coefficient (Wildman–Crippen LogP) is 3.88. The van der Waals surface area contributed by atoms with Crippen molar-refractivity contribution in [1.82, 2.24) is 4.98 Å². The van der Waals surface area contributed by atoms with E-state index in [-0.39, 0.29) is 11.3 Å². The highest BCUT2D eigenvalue weighted by Crippen LogP contribution is 2.24. The molecule has 0 atom stereocenters. The van der Waals surface area contributed by atoms with E-state index in [0.717, 1.165) is 10.7 Å². The van der Waals surface area contributed by atoms with Gasteiger partial charge in [-0.15, -0.1) is 11.3 Å². The third-order valence-corrected chi connectivity index (χ3v) is 4.07. The molecule has 1 N–H and O–H groups in total. The Morgan fingerprint density at radius 3 is 2.82 bits per heavy atom. The van der Waals surface area contributed by atoms with E-state index in [9.17, 15) is 4.79 Å². The number of hydrogen-bond acceptors (Lipinski definition) is 4. The van der Waals surface area contributed by atoms with Crippen molar-refractivity contribution >= 4 is 22.9 Å². The van der Waals surface area contributed by atoms with Gasteiger partial charge in [0.1, 0.15) is 0 Å². The summed E-state index contributed by atoms with van der Waals surface area (Å²) in [5, 5.41) is 14.7. The van der Waals surface area contributed by atoms with Gasteiger partial charge in [-0.1, -0.05) is 26.8 Å². The molecule has 0 unspecified atom stereocenters. The first-order chi connectivity index (χ1) is 10.4. The molecular formula is C17H19N3OS. The van der Waals surface area contributed by atoms with Gasteiger partial charge in [-0.2, -0.15) is 5.26 Å². The lowest BCUT2D eigenvalue weighted by Gasteiger charge is -2.14. The van der Waals surface area contributed by atoms with E-state index >= 15 is 0 Å². The molecule has 1 heterocycles. The molecule has 4 nitrogen and oxygen atoms in total. The molecule has 0 aliphatic rings. The van der Waals surface area contributed by atoms with Gasteiger partial charge in [0.25, 0.3) is 0 Å². The molecule has 0 spiro atoms. The van der Waals surface area contributed by atoms with Gasteiger partial charge >= 0.3 is 0 Å². The van der Waals surface area contributed by atoms with E-state index < -0.39 is 0 Å². The summed E-state index contributed by atoms with van der Waals surface area (Å²) in [6.45, 7) is 6.38. The maximum atomic E-state index is 12.0. The average molecular weight is 313 g/mol. The molecule has 0 radical (unpaired) electrons. The van der Waals surface area contributed by atoms with E-state index in [4.69, 9.17) is 5.26 Å². The van der Waals surface area contributed by atoms with E-state index in [0.29, 0.717) is 24.1 Å². The zero-order valence-corrected chi connectivity index (χ0v) is 13.8. The Morgan fingerprint density at radius 1 is 1.41 bits per heavy atom. The number of nitrogens with zero attached hydrogens (tertiary/aromatic N) is 2. The minimum absolute atomic E-state index is 0.0365. The van der Waals surface area contributed by atoms with Gasteiger partial charge < -0.3 is 5.32 Å². The second-order valence-electron chi connectivity index (χ2n) is 6.12. The van der Waals surface area contributed by atoms with Crippen LogP contribution >= 0.6 is 11.3 Å². The molecule has 0 saturated heterocycles. The number of thiazole rings is 1. The molecule has 0 bridgehead atoms. The minimum Gasteiger partial charge on any atom is -0.326 e. The highest BCUT2D eigenvalue weighted by Gasteiger charge is 2.17. The van der Waals surface area contributed by atoms with Crippen molar-refractivity contribution in [3.05, 3.63) is 45.9 Å². The summed E-state index contributed by atoms with van der Waals surface area (Å²) >= 11 is 1.60. The highest BCUT2D eigenvalue weighted by atomic mass is 32.1. The fourth-order valence-electron chi connectivity index (χ4n) is 1.88. The molecule has 0 aliphatic carbocycles. The first kappa shape index (κ1) is 16.2. The molecule has 2 rings (SSSR count). The van der Waals surface area contributed by atoms with E-state index in [1.54, 1.807) is 35.6 Å². The molecule has 5 heteroatoms. The van der Waals surface area contributed by atoms with Crippen molar-refractivity contribution in [2.45, 2.75) is 39.0 Å². The van der Waals surface area contributed by atoms with E-state index in [1.807, 2.05) is 0 Å². The zero-order chi connectivity index (χ0) is 16.2. The number of carbonyl (C=O) groups excluding carboxylic acids is 1. The second kappa shape index (κ2) is 6.71. The predicted molar refractivity (Wildman–Crippen MR) is 88.9 cm³/mol. The first-order valence-corrected chi connectivity index (χ1v) is 8.01. The molecule has 0 saturated carbocycles. The van der Waals surface area contributed by atoms with Gasteiger partial charge in [-0.3, -0.25) is 4.79 Å². The Morgan fingerprint density at radius 2 is 2.18 bits per heavy atom. The number of anilines is 1. The third-order valence-electron chi connectivity index (χ3n) is 3.16. The van der Waals surface area contributed by atoms with E-state index in [1.165, 1.54) is 0 Å². The lowest BCUT2D eigenvalue weighted by molar-refractivity contribution is -0.116. The van der Waals surface area contributed by atoms with Crippen LogP contribution in [-0.4, -0.2) is 10.9 Å². The molecule has 22 heavy (non-hydrogen) atoms. The van der Waals surface area contributed by atoms with Crippen molar-refractivity contribution in [3.63, 3.8) is 0 Å². The fraction of sp³-hybridized carbons (Fsp3) is 0.353. The monoisotopic (exact) mass is 313 g/mol. The summed E-state index contributed by atoms with van der Waals surface area (Å²) in [6.07, 6.45) is 1.01. The van der Waals surface area contributed by atoms with Crippen molar-refractivity contribution in [2.75, 3.05) is 5.32 Å². The van der Waals surface area contributed by atoms with Crippen molar-refractivity contribution in [1.29, 1.82) is 5.26 Å². The van der Waals surface area contributed by atoms with Gasteiger partial charge in [0.05, 0.1) is 22.3 Å². The molecule has 1 aromatic carbocycles. The summed E-state index contributed by atoms with van der Waals surface area (Å²) in [6, 6.07) is 8.96. The summed E-state index contributed by atoms with van der Waals surface area (Å²) in [5.41, 5.74) is 2.29. The summed E-state index contributed by atoms with van der Waals surface area (Å²) in [7, 11) is 0. The van der Waals surface area contributed by atoms with Crippen molar-refractivity contribution < 1.29 is 4.79 Å². The number of benzene rings is 1. The SMILES string of the molecule is CC(C)(C)c1csc(CCC(=O)Nc2cccc(C#N)c2)n1. The fourth-order valence-corrected chi connectivity index (χ4v) is 2.91. The molecule has 0 fully saturated rings. The number of nitrogens with one attached hydrogen (secondary N) is 1. The van der Waals surface area contributed by atoms with Gasteiger partial charge in [0, 0.05) is 29.3 Å².